The fraction of sp³-hybridized carbons (Fsp3) is 0.300. The molecule has 0 spiro atoms. The third-order valence-corrected chi connectivity index (χ3v) is 1.42. The second kappa shape index (κ2) is 5.04. The van der Waals surface area contributed by atoms with Gasteiger partial charge in [0.05, 0.1) is 6.61 Å². The van der Waals surface area contributed by atoms with Crippen molar-refractivity contribution in [1.29, 1.82) is 5.26 Å². The van der Waals surface area contributed by atoms with Crippen molar-refractivity contribution in [2.75, 3.05) is 13.2 Å². The van der Waals surface area contributed by atoms with Gasteiger partial charge >= 0.3 is 0 Å². The molecule has 0 aliphatic rings. The SMILES string of the molecule is CCOc1cccc(OCC#N)c1. The minimum Gasteiger partial charge on any atom is -0.494 e. The molecule has 0 aromatic heterocycles. The molecule has 0 saturated heterocycles. The molecule has 0 aliphatic carbocycles. The van der Waals surface area contributed by atoms with E-state index >= 15 is 0 Å². The second-order valence-corrected chi connectivity index (χ2v) is 2.35. The summed E-state index contributed by atoms with van der Waals surface area (Å²) in [5.41, 5.74) is 0. The summed E-state index contributed by atoms with van der Waals surface area (Å²) in [6.07, 6.45) is 0. The van der Waals surface area contributed by atoms with E-state index in [0.29, 0.717) is 12.4 Å². The average Bonchev–Trinajstić information content (AvgIpc) is 2.16. The lowest BCUT2D eigenvalue weighted by molar-refractivity contribution is 0.332. The number of ether oxygens (including phenoxy) is 2. The van der Waals surface area contributed by atoms with Crippen molar-refractivity contribution in [1.82, 2.24) is 0 Å². The normalized spacial score (nSPS) is 8.92. The Morgan fingerprint density at radius 3 is 2.62 bits per heavy atom. The Balaban J connectivity index is 2.63. The van der Waals surface area contributed by atoms with Gasteiger partial charge in [0.1, 0.15) is 17.6 Å². The third-order valence-electron chi connectivity index (χ3n) is 1.42. The molecular formula is C10H11NO2. The van der Waals surface area contributed by atoms with Crippen LogP contribution in [-0.2, 0) is 0 Å². The van der Waals surface area contributed by atoms with E-state index in [0.717, 1.165) is 5.75 Å². The molecule has 0 aliphatic heterocycles. The minimum atomic E-state index is 0.0651. The zero-order chi connectivity index (χ0) is 9.52. The first kappa shape index (κ1) is 9.40. The number of hydrogen-bond acceptors (Lipinski definition) is 3. The van der Waals surface area contributed by atoms with Crippen molar-refractivity contribution in [2.45, 2.75) is 6.92 Å². The summed E-state index contributed by atoms with van der Waals surface area (Å²) < 4.78 is 10.4. The molecule has 1 aromatic carbocycles. The van der Waals surface area contributed by atoms with Gasteiger partial charge in [-0.3, -0.25) is 0 Å². The highest BCUT2D eigenvalue weighted by molar-refractivity contribution is 5.33. The smallest absolute Gasteiger partial charge is 0.174 e. The average molecular weight is 177 g/mol. The largest absolute Gasteiger partial charge is 0.494 e. The molecule has 1 aromatic rings. The lowest BCUT2D eigenvalue weighted by Gasteiger charge is -2.05. The Morgan fingerprint density at radius 2 is 2.00 bits per heavy atom. The van der Waals surface area contributed by atoms with E-state index < -0.39 is 0 Å². The quantitative estimate of drug-likeness (QED) is 0.706. The first-order valence-corrected chi connectivity index (χ1v) is 4.09. The van der Waals surface area contributed by atoms with Crippen molar-refractivity contribution >= 4 is 0 Å². The zero-order valence-electron chi connectivity index (χ0n) is 7.49. The summed E-state index contributed by atoms with van der Waals surface area (Å²) in [7, 11) is 0. The molecule has 0 bridgehead atoms. The maximum atomic E-state index is 8.29. The Hall–Kier alpha value is -1.69. The van der Waals surface area contributed by atoms with E-state index in [9.17, 15) is 0 Å². The molecule has 0 heterocycles. The van der Waals surface area contributed by atoms with Crippen LogP contribution in [0.4, 0.5) is 0 Å². The summed E-state index contributed by atoms with van der Waals surface area (Å²) in [5.74, 6) is 1.42. The number of rotatable bonds is 4. The van der Waals surface area contributed by atoms with Crippen LogP contribution in [0.15, 0.2) is 24.3 Å². The van der Waals surface area contributed by atoms with Crippen molar-refractivity contribution < 1.29 is 9.47 Å². The molecule has 0 amide bonds. The van der Waals surface area contributed by atoms with Gasteiger partial charge in [0.25, 0.3) is 0 Å². The summed E-state index contributed by atoms with van der Waals surface area (Å²) in [4.78, 5) is 0. The number of nitrogens with zero attached hydrogens (tertiary/aromatic N) is 1. The Kier molecular flexibility index (Phi) is 3.65. The number of benzene rings is 1. The van der Waals surface area contributed by atoms with Gasteiger partial charge in [-0.15, -0.1) is 0 Å². The molecule has 0 unspecified atom stereocenters. The van der Waals surface area contributed by atoms with Crippen LogP contribution < -0.4 is 9.47 Å². The van der Waals surface area contributed by atoms with Crippen LogP contribution in [0.25, 0.3) is 0 Å². The predicted octanol–water partition coefficient (Wildman–Crippen LogP) is 1.99. The van der Waals surface area contributed by atoms with E-state index in [1.807, 2.05) is 25.1 Å². The summed E-state index contributed by atoms with van der Waals surface area (Å²) in [5, 5.41) is 8.29. The van der Waals surface area contributed by atoms with Gasteiger partial charge in [-0.2, -0.15) is 5.26 Å². The molecule has 13 heavy (non-hydrogen) atoms. The van der Waals surface area contributed by atoms with E-state index in [1.54, 1.807) is 12.1 Å². The Labute approximate surface area is 77.5 Å². The highest BCUT2D eigenvalue weighted by atomic mass is 16.5. The van der Waals surface area contributed by atoms with Crippen LogP contribution in [0.5, 0.6) is 11.5 Å². The lowest BCUT2D eigenvalue weighted by atomic mass is 10.3. The first-order valence-electron chi connectivity index (χ1n) is 4.09. The molecule has 3 nitrogen and oxygen atoms in total. The summed E-state index contributed by atoms with van der Waals surface area (Å²) in [6, 6.07) is 9.14. The Bertz CT molecular complexity index is 304. The fourth-order valence-corrected chi connectivity index (χ4v) is 0.936. The first-order chi connectivity index (χ1) is 6.36. The standard InChI is InChI=1S/C10H11NO2/c1-2-12-9-4-3-5-10(8-9)13-7-6-11/h3-5,8H,2,7H2,1H3. The van der Waals surface area contributed by atoms with E-state index in [4.69, 9.17) is 14.7 Å². The van der Waals surface area contributed by atoms with Gasteiger partial charge in [0.15, 0.2) is 6.61 Å². The van der Waals surface area contributed by atoms with Gasteiger partial charge < -0.3 is 9.47 Å². The number of nitriles is 1. The van der Waals surface area contributed by atoms with Crippen molar-refractivity contribution in [3.8, 4) is 17.6 Å². The summed E-state index contributed by atoms with van der Waals surface area (Å²) >= 11 is 0. The van der Waals surface area contributed by atoms with E-state index in [1.165, 1.54) is 0 Å². The van der Waals surface area contributed by atoms with Crippen LogP contribution in [-0.4, -0.2) is 13.2 Å². The van der Waals surface area contributed by atoms with Crippen LogP contribution in [0.2, 0.25) is 0 Å². The Morgan fingerprint density at radius 1 is 1.31 bits per heavy atom. The number of hydrogen-bond donors (Lipinski definition) is 0. The van der Waals surface area contributed by atoms with Crippen LogP contribution in [0.1, 0.15) is 6.92 Å². The molecule has 68 valence electrons. The third kappa shape index (κ3) is 3.04. The maximum absolute atomic E-state index is 8.29. The van der Waals surface area contributed by atoms with Crippen molar-refractivity contribution in [3.05, 3.63) is 24.3 Å². The predicted molar refractivity (Wildman–Crippen MR) is 48.7 cm³/mol. The highest BCUT2D eigenvalue weighted by Gasteiger charge is 1.95. The zero-order valence-corrected chi connectivity index (χ0v) is 7.49. The molecule has 0 saturated carbocycles. The second-order valence-electron chi connectivity index (χ2n) is 2.35. The monoisotopic (exact) mass is 177 g/mol. The van der Waals surface area contributed by atoms with Crippen LogP contribution in [0, 0.1) is 11.3 Å². The van der Waals surface area contributed by atoms with Gasteiger partial charge in [0.2, 0.25) is 0 Å². The molecule has 0 fully saturated rings. The molecule has 3 heteroatoms. The fourth-order valence-electron chi connectivity index (χ4n) is 0.936. The van der Waals surface area contributed by atoms with E-state index in [-0.39, 0.29) is 6.61 Å². The molecule has 0 N–H and O–H groups in total. The molecule has 0 radical (unpaired) electrons. The van der Waals surface area contributed by atoms with E-state index in [2.05, 4.69) is 0 Å². The molecular weight excluding hydrogens is 166 g/mol. The highest BCUT2D eigenvalue weighted by Crippen LogP contribution is 2.18. The van der Waals surface area contributed by atoms with Gasteiger partial charge in [-0.1, -0.05) is 6.07 Å². The topological polar surface area (TPSA) is 42.2 Å². The maximum Gasteiger partial charge on any atom is 0.174 e. The van der Waals surface area contributed by atoms with Gasteiger partial charge in [0, 0.05) is 6.07 Å². The van der Waals surface area contributed by atoms with Crippen LogP contribution in [0.3, 0.4) is 0 Å². The van der Waals surface area contributed by atoms with Gasteiger partial charge in [-0.25, -0.2) is 0 Å². The van der Waals surface area contributed by atoms with Gasteiger partial charge in [-0.05, 0) is 19.1 Å². The molecule has 0 atom stereocenters. The molecule has 1 rings (SSSR count). The lowest BCUT2D eigenvalue weighted by Crippen LogP contribution is -1.95. The van der Waals surface area contributed by atoms with Crippen LogP contribution >= 0.6 is 0 Å². The van der Waals surface area contributed by atoms with Crippen molar-refractivity contribution in [3.63, 3.8) is 0 Å². The summed E-state index contributed by atoms with van der Waals surface area (Å²) in [6.45, 7) is 2.61. The van der Waals surface area contributed by atoms with Crippen molar-refractivity contribution in [2.24, 2.45) is 0 Å². The minimum absolute atomic E-state index is 0.0651.